The molecular weight excluding hydrogens is 214 g/mol. The van der Waals surface area contributed by atoms with Crippen molar-refractivity contribution in [2.45, 2.75) is 57.7 Å². The highest BCUT2D eigenvalue weighted by atomic mass is 16.5. The Bertz CT molecular complexity index is 276. The molecular formula is C13H25N3O. The number of hydrogen-bond acceptors (Lipinski definition) is 4. The van der Waals surface area contributed by atoms with Crippen molar-refractivity contribution >= 4 is 0 Å². The second kappa shape index (κ2) is 6.34. The number of hydrogen-bond donors (Lipinski definition) is 1. The van der Waals surface area contributed by atoms with Gasteiger partial charge in [-0.05, 0) is 39.7 Å². The van der Waals surface area contributed by atoms with Crippen molar-refractivity contribution in [3.63, 3.8) is 0 Å². The van der Waals surface area contributed by atoms with Crippen LogP contribution >= 0.6 is 0 Å². The molecule has 0 radical (unpaired) electrons. The highest BCUT2D eigenvalue weighted by Gasteiger charge is 2.25. The molecule has 0 spiro atoms. The number of nitrogens with zero attached hydrogens (tertiary/aromatic N) is 2. The van der Waals surface area contributed by atoms with E-state index in [1.165, 1.54) is 0 Å². The van der Waals surface area contributed by atoms with Crippen LogP contribution in [-0.4, -0.2) is 42.3 Å². The Balaban J connectivity index is 2.33. The molecule has 1 rings (SSSR count). The highest BCUT2D eigenvalue weighted by Crippen LogP contribution is 2.16. The fourth-order valence-electron chi connectivity index (χ4n) is 2.19. The molecule has 0 aromatic rings. The molecule has 0 aliphatic carbocycles. The molecule has 1 saturated heterocycles. The third-order valence-corrected chi connectivity index (χ3v) is 3.66. The van der Waals surface area contributed by atoms with Crippen LogP contribution in [-0.2, 0) is 4.74 Å². The van der Waals surface area contributed by atoms with E-state index < -0.39 is 5.54 Å². The zero-order valence-corrected chi connectivity index (χ0v) is 11.3. The Morgan fingerprint density at radius 1 is 1.53 bits per heavy atom. The first kappa shape index (κ1) is 14.4. The maximum Gasteiger partial charge on any atom is 0.104 e. The fourth-order valence-corrected chi connectivity index (χ4v) is 2.19. The quantitative estimate of drug-likeness (QED) is 0.790. The Labute approximate surface area is 105 Å². The first-order valence-corrected chi connectivity index (χ1v) is 6.56. The zero-order chi connectivity index (χ0) is 12.9. The second-order valence-corrected chi connectivity index (χ2v) is 5.21. The van der Waals surface area contributed by atoms with Crippen LogP contribution in [0.25, 0.3) is 0 Å². The highest BCUT2D eigenvalue weighted by molar-refractivity contribution is 5.03. The number of nitriles is 1. The summed E-state index contributed by atoms with van der Waals surface area (Å²) in [6.45, 7) is 9.07. The van der Waals surface area contributed by atoms with Crippen molar-refractivity contribution < 1.29 is 4.74 Å². The summed E-state index contributed by atoms with van der Waals surface area (Å²) in [7, 11) is 0. The van der Waals surface area contributed by atoms with Crippen molar-refractivity contribution in [2.75, 3.05) is 19.7 Å². The van der Waals surface area contributed by atoms with E-state index >= 15 is 0 Å². The molecule has 0 bridgehead atoms. The third-order valence-electron chi connectivity index (χ3n) is 3.66. The average molecular weight is 239 g/mol. The van der Waals surface area contributed by atoms with Gasteiger partial charge in [0.25, 0.3) is 0 Å². The Morgan fingerprint density at radius 3 is 2.82 bits per heavy atom. The van der Waals surface area contributed by atoms with Gasteiger partial charge in [0.15, 0.2) is 0 Å². The van der Waals surface area contributed by atoms with E-state index in [1.807, 2.05) is 6.92 Å². The van der Waals surface area contributed by atoms with Crippen molar-refractivity contribution in [1.29, 1.82) is 5.26 Å². The van der Waals surface area contributed by atoms with Crippen LogP contribution < -0.4 is 5.73 Å². The molecule has 4 nitrogen and oxygen atoms in total. The number of rotatable bonds is 5. The predicted molar refractivity (Wildman–Crippen MR) is 68.5 cm³/mol. The molecule has 0 amide bonds. The van der Waals surface area contributed by atoms with Crippen LogP contribution in [0.3, 0.4) is 0 Å². The standard InChI is InChI=1S/C13H25N3O/c1-4-13(15,10-14)6-5-7-16-8-12(3)17-9-11(16)2/h11-12H,4-9,15H2,1-3H3. The van der Waals surface area contributed by atoms with Gasteiger partial charge in [-0.3, -0.25) is 4.90 Å². The smallest absolute Gasteiger partial charge is 0.104 e. The van der Waals surface area contributed by atoms with Gasteiger partial charge in [0.2, 0.25) is 0 Å². The zero-order valence-electron chi connectivity index (χ0n) is 11.3. The number of ether oxygens (including phenoxy) is 1. The van der Waals surface area contributed by atoms with Crippen molar-refractivity contribution in [2.24, 2.45) is 5.73 Å². The molecule has 1 heterocycles. The van der Waals surface area contributed by atoms with Crippen LogP contribution in [0.1, 0.15) is 40.0 Å². The van der Waals surface area contributed by atoms with Gasteiger partial charge < -0.3 is 10.5 Å². The fraction of sp³-hybridized carbons (Fsp3) is 0.923. The van der Waals surface area contributed by atoms with E-state index in [0.717, 1.165) is 39.0 Å². The molecule has 3 unspecified atom stereocenters. The van der Waals surface area contributed by atoms with Gasteiger partial charge in [-0.2, -0.15) is 5.26 Å². The molecule has 3 atom stereocenters. The van der Waals surface area contributed by atoms with Gasteiger partial charge in [-0.15, -0.1) is 0 Å². The summed E-state index contributed by atoms with van der Waals surface area (Å²) in [5.74, 6) is 0. The molecule has 4 heteroatoms. The van der Waals surface area contributed by atoms with Gasteiger partial charge in [0.05, 0.1) is 18.8 Å². The summed E-state index contributed by atoms with van der Waals surface area (Å²) < 4.78 is 5.59. The molecule has 98 valence electrons. The van der Waals surface area contributed by atoms with E-state index in [4.69, 9.17) is 15.7 Å². The first-order chi connectivity index (χ1) is 8.00. The van der Waals surface area contributed by atoms with E-state index in [1.54, 1.807) is 0 Å². The lowest BCUT2D eigenvalue weighted by atomic mass is 9.93. The molecule has 2 N–H and O–H groups in total. The summed E-state index contributed by atoms with van der Waals surface area (Å²) in [5, 5.41) is 9.01. The largest absolute Gasteiger partial charge is 0.376 e. The molecule has 0 aromatic carbocycles. The van der Waals surface area contributed by atoms with Crippen LogP contribution in [0.2, 0.25) is 0 Å². The maximum absolute atomic E-state index is 9.01. The van der Waals surface area contributed by atoms with Crippen molar-refractivity contribution in [3.8, 4) is 6.07 Å². The predicted octanol–water partition coefficient (Wildman–Crippen LogP) is 1.51. The number of nitrogens with two attached hydrogens (primary N) is 1. The number of morpholine rings is 1. The van der Waals surface area contributed by atoms with Gasteiger partial charge >= 0.3 is 0 Å². The SMILES string of the molecule is CCC(N)(C#N)CCCN1CC(C)OCC1C. The minimum atomic E-state index is -0.638. The summed E-state index contributed by atoms with van der Waals surface area (Å²) in [4.78, 5) is 2.43. The summed E-state index contributed by atoms with van der Waals surface area (Å²) in [5.41, 5.74) is 5.33. The molecule has 17 heavy (non-hydrogen) atoms. The second-order valence-electron chi connectivity index (χ2n) is 5.21. The lowest BCUT2D eigenvalue weighted by Gasteiger charge is -2.37. The lowest BCUT2D eigenvalue weighted by Crippen LogP contribution is -2.48. The Morgan fingerprint density at radius 2 is 2.24 bits per heavy atom. The van der Waals surface area contributed by atoms with Crippen LogP contribution in [0.5, 0.6) is 0 Å². The van der Waals surface area contributed by atoms with Gasteiger partial charge in [0.1, 0.15) is 5.54 Å². The first-order valence-electron chi connectivity index (χ1n) is 6.56. The third kappa shape index (κ3) is 4.27. The minimum Gasteiger partial charge on any atom is -0.376 e. The normalized spacial score (nSPS) is 29.6. The molecule has 0 aromatic heterocycles. The summed E-state index contributed by atoms with van der Waals surface area (Å²) >= 11 is 0. The average Bonchev–Trinajstić information content (AvgIpc) is 2.33. The summed E-state index contributed by atoms with van der Waals surface area (Å²) in [6.07, 6.45) is 2.79. The monoisotopic (exact) mass is 239 g/mol. The van der Waals surface area contributed by atoms with E-state index in [2.05, 4.69) is 24.8 Å². The van der Waals surface area contributed by atoms with E-state index in [-0.39, 0.29) is 0 Å². The Hall–Kier alpha value is -0.630. The van der Waals surface area contributed by atoms with Crippen molar-refractivity contribution in [1.82, 2.24) is 4.90 Å². The summed E-state index contributed by atoms with van der Waals surface area (Å²) in [6, 6.07) is 2.69. The van der Waals surface area contributed by atoms with Crippen molar-refractivity contribution in [3.05, 3.63) is 0 Å². The Kier molecular flexibility index (Phi) is 5.38. The minimum absolute atomic E-state index is 0.316. The van der Waals surface area contributed by atoms with Crippen LogP contribution in [0.4, 0.5) is 0 Å². The van der Waals surface area contributed by atoms with E-state index in [9.17, 15) is 0 Å². The molecule has 1 aliphatic rings. The van der Waals surface area contributed by atoms with E-state index in [0.29, 0.717) is 12.1 Å². The maximum atomic E-state index is 9.01. The van der Waals surface area contributed by atoms with Gasteiger partial charge in [-0.25, -0.2) is 0 Å². The lowest BCUT2D eigenvalue weighted by molar-refractivity contribution is -0.0498. The topological polar surface area (TPSA) is 62.3 Å². The molecule has 1 fully saturated rings. The van der Waals surface area contributed by atoms with Gasteiger partial charge in [-0.1, -0.05) is 6.92 Å². The van der Waals surface area contributed by atoms with Gasteiger partial charge in [0, 0.05) is 12.6 Å². The van der Waals surface area contributed by atoms with Crippen LogP contribution in [0.15, 0.2) is 0 Å². The molecule has 0 saturated carbocycles. The van der Waals surface area contributed by atoms with Crippen LogP contribution in [0, 0.1) is 11.3 Å². The molecule has 1 aliphatic heterocycles.